The molecule has 3 heterocycles. The second-order valence-corrected chi connectivity index (χ2v) is 8.00. The van der Waals surface area contributed by atoms with Crippen molar-refractivity contribution in [3.8, 4) is 10.6 Å². The molecule has 1 fully saturated rings. The minimum atomic E-state index is -0.236. The van der Waals surface area contributed by atoms with Gasteiger partial charge in [-0.2, -0.15) is 0 Å². The number of thiazole rings is 1. The lowest BCUT2D eigenvalue weighted by Crippen LogP contribution is -2.48. The zero-order valence-corrected chi connectivity index (χ0v) is 15.7. The highest BCUT2D eigenvalue weighted by molar-refractivity contribution is 7.13. The molecule has 0 atom stereocenters. The lowest BCUT2D eigenvalue weighted by atomic mass is 10.2. The molecule has 1 aliphatic rings. The highest BCUT2D eigenvalue weighted by atomic mass is 32.1. The maximum atomic E-state index is 13.0. The van der Waals surface area contributed by atoms with Gasteiger partial charge in [0.1, 0.15) is 10.8 Å². The van der Waals surface area contributed by atoms with Crippen molar-refractivity contribution in [2.24, 2.45) is 0 Å². The average molecular weight is 388 g/mol. The Balaban J connectivity index is 1.33. The van der Waals surface area contributed by atoms with Crippen LogP contribution >= 0.6 is 22.7 Å². The van der Waals surface area contributed by atoms with Crippen LogP contribution in [0.1, 0.15) is 15.4 Å². The van der Waals surface area contributed by atoms with Gasteiger partial charge in [0.2, 0.25) is 0 Å². The van der Waals surface area contributed by atoms with Crippen molar-refractivity contribution in [3.63, 3.8) is 0 Å². The zero-order chi connectivity index (χ0) is 17.9. The highest BCUT2D eigenvalue weighted by Crippen LogP contribution is 2.24. The minimum Gasteiger partial charge on any atom is -0.335 e. The van der Waals surface area contributed by atoms with Gasteiger partial charge in [-0.05, 0) is 35.7 Å². The van der Waals surface area contributed by atoms with Crippen LogP contribution in [0.5, 0.6) is 0 Å². The van der Waals surface area contributed by atoms with Gasteiger partial charge in [0, 0.05) is 43.7 Å². The van der Waals surface area contributed by atoms with Crippen molar-refractivity contribution >= 4 is 28.6 Å². The van der Waals surface area contributed by atoms with Crippen LogP contribution in [-0.4, -0.2) is 46.9 Å². The van der Waals surface area contributed by atoms with Crippen molar-refractivity contribution in [1.82, 2.24) is 14.8 Å². The van der Waals surface area contributed by atoms with Gasteiger partial charge in [-0.1, -0.05) is 6.07 Å². The Hall–Kier alpha value is -2.09. The van der Waals surface area contributed by atoms with Crippen LogP contribution in [0, 0.1) is 5.82 Å². The van der Waals surface area contributed by atoms with E-state index in [0.29, 0.717) is 0 Å². The van der Waals surface area contributed by atoms with E-state index in [4.69, 9.17) is 0 Å². The van der Waals surface area contributed by atoms with E-state index in [1.807, 2.05) is 22.4 Å². The van der Waals surface area contributed by atoms with Crippen LogP contribution < -0.4 is 0 Å². The molecule has 0 bridgehead atoms. The Morgan fingerprint density at radius 2 is 1.85 bits per heavy atom. The van der Waals surface area contributed by atoms with Crippen molar-refractivity contribution < 1.29 is 9.18 Å². The number of aromatic nitrogens is 1. The first-order valence-corrected chi connectivity index (χ1v) is 10.2. The maximum Gasteiger partial charge on any atom is 0.264 e. The lowest BCUT2D eigenvalue weighted by molar-refractivity contribution is 0.0632. The van der Waals surface area contributed by atoms with Crippen LogP contribution in [0.25, 0.3) is 10.6 Å². The summed E-state index contributed by atoms with van der Waals surface area (Å²) in [6.45, 7) is 3.96. The fraction of sp³-hybridized carbons (Fsp3) is 0.263. The number of carbonyl (C=O) groups excluding carboxylic acids is 1. The predicted molar refractivity (Wildman–Crippen MR) is 103 cm³/mol. The molecule has 4 nitrogen and oxygen atoms in total. The van der Waals surface area contributed by atoms with Crippen LogP contribution in [0.3, 0.4) is 0 Å². The third-order valence-corrected chi connectivity index (χ3v) is 6.22. The summed E-state index contributed by atoms with van der Waals surface area (Å²) in [7, 11) is 0. The summed E-state index contributed by atoms with van der Waals surface area (Å²) >= 11 is 3.07. The molecular formula is C19H18FN3OS2. The van der Waals surface area contributed by atoms with E-state index in [1.165, 1.54) is 23.5 Å². The molecule has 2 aromatic heterocycles. The van der Waals surface area contributed by atoms with Gasteiger partial charge in [-0.15, -0.1) is 22.7 Å². The van der Waals surface area contributed by atoms with Crippen molar-refractivity contribution in [3.05, 3.63) is 63.5 Å². The number of hydrogen-bond donors (Lipinski definition) is 0. The van der Waals surface area contributed by atoms with Crippen LogP contribution in [0.4, 0.5) is 4.39 Å². The maximum absolute atomic E-state index is 13.0. The second-order valence-electron chi connectivity index (χ2n) is 6.20. The van der Waals surface area contributed by atoms with E-state index in [1.54, 1.807) is 23.5 Å². The first kappa shape index (κ1) is 17.3. The number of carbonyl (C=O) groups is 1. The van der Waals surface area contributed by atoms with Gasteiger partial charge >= 0.3 is 0 Å². The Morgan fingerprint density at radius 1 is 1.08 bits per heavy atom. The number of benzene rings is 1. The molecule has 0 saturated carbocycles. The molecule has 0 radical (unpaired) electrons. The topological polar surface area (TPSA) is 36.4 Å². The molecule has 7 heteroatoms. The molecule has 1 aromatic carbocycles. The second kappa shape index (κ2) is 7.65. The number of amides is 1. The van der Waals surface area contributed by atoms with Crippen LogP contribution in [0.2, 0.25) is 0 Å². The molecule has 0 aliphatic carbocycles. The Kier molecular flexibility index (Phi) is 5.10. The Labute approximate surface area is 159 Å². The van der Waals surface area contributed by atoms with Crippen LogP contribution in [-0.2, 0) is 6.54 Å². The summed E-state index contributed by atoms with van der Waals surface area (Å²) in [4.78, 5) is 22.1. The van der Waals surface area contributed by atoms with Gasteiger partial charge in [0.25, 0.3) is 5.91 Å². The number of rotatable bonds is 4. The molecule has 4 rings (SSSR count). The number of piperazine rings is 1. The summed E-state index contributed by atoms with van der Waals surface area (Å²) in [5.41, 5.74) is 1.96. The van der Waals surface area contributed by atoms with E-state index in [-0.39, 0.29) is 11.7 Å². The number of thiophene rings is 1. The smallest absolute Gasteiger partial charge is 0.264 e. The quantitative estimate of drug-likeness (QED) is 0.680. The molecule has 0 unspecified atom stereocenters. The molecule has 134 valence electrons. The molecule has 3 aromatic rings. The van der Waals surface area contributed by atoms with E-state index >= 15 is 0 Å². The molecule has 26 heavy (non-hydrogen) atoms. The van der Waals surface area contributed by atoms with Gasteiger partial charge in [-0.25, -0.2) is 9.37 Å². The summed E-state index contributed by atoms with van der Waals surface area (Å²) in [5.74, 6) is -0.104. The van der Waals surface area contributed by atoms with E-state index in [2.05, 4.69) is 15.3 Å². The fourth-order valence-corrected chi connectivity index (χ4v) is 4.51. The number of hydrogen-bond acceptors (Lipinski definition) is 5. The summed E-state index contributed by atoms with van der Waals surface area (Å²) in [6.07, 6.45) is 0. The molecule has 1 amide bonds. The van der Waals surface area contributed by atoms with E-state index in [9.17, 15) is 9.18 Å². The van der Waals surface area contributed by atoms with Gasteiger partial charge in [0.15, 0.2) is 0 Å². The third kappa shape index (κ3) is 3.85. The number of nitrogens with zero attached hydrogens (tertiary/aromatic N) is 3. The monoisotopic (exact) mass is 387 g/mol. The van der Waals surface area contributed by atoms with Crippen molar-refractivity contribution in [2.45, 2.75) is 6.54 Å². The SMILES string of the molecule is O=C(c1cccs1)N1CCN(Cc2csc(-c3ccc(F)cc3)n2)CC1. The molecule has 0 spiro atoms. The first-order chi connectivity index (χ1) is 12.7. The molecule has 1 saturated heterocycles. The largest absolute Gasteiger partial charge is 0.335 e. The highest BCUT2D eigenvalue weighted by Gasteiger charge is 2.23. The first-order valence-electron chi connectivity index (χ1n) is 8.44. The molecule has 0 N–H and O–H groups in total. The summed E-state index contributed by atoms with van der Waals surface area (Å²) in [5, 5.41) is 4.90. The summed E-state index contributed by atoms with van der Waals surface area (Å²) < 4.78 is 13.0. The number of halogens is 1. The molecule has 1 aliphatic heterocycles. The van der Waals surface area contributed by atoms with E-state index in [0.717, 1.165) is 53.9 Å². The summed E-state index contributed by atoms with van der Waals surface area (Å²) in [6, 6.07) is 10.2. The van der Waals surface area contributed by atoms with Gasteiger partial charge < -0.3 is 4.90 Å². The van der Waals surface area contributed by atoms with Gasteiger partial charge in [-0.3, -0.25) is 9.69 Å². The van der Waals surface area contributed by atoms with Crippen molar-refractivity contribution in [2.75, 3.05) is 26.2 Å². The Morgan fingerprint density at radius 3 is 2.54 bits per heavy atom. The van der Waals surface area contributed by atoms with Crippen LogP contribution in [0.15, 0.2) is 47.2 Å². The molecular weight excluding hydrogens is 369 g/mol. The van der Waals surface area contributed by atoms with Crippen molar-refractivity contribution in [1.29, 1.82) is 0 Å². The lowest BCUT2D eigenvalue weighted by Gasteiger charge is -2.34. The fourth-order valence-electron chi connectivity index (χ4n) is 3.00. The standard InChI is InChI=1S/C19H18FN3OS2/c20-15-5-3-14(4-6-15)18-21-16(13-26-18)12-22-7-9-23(10-8-22)19(24)17-2-1-11-25-17/h1-6,11,13H,7-10,12H2. The normalized spacial score (nSPS) is 15.3. The van der Waals surface area contributed by atoms with Gasteiger partial charge in [0.05, 0.1) is 10.6 Å². The Bertz CT molecular complexity index is 869. The minimum absolute atomic E-state index is 0.131. The predicted octanol–water partition coefficient (Wildman–Crippen LogP) is 3.97. The zero-order valence-electron chi connectivity index (χ0n) is 14.1. The average Bonchev–Trinajstić information content (AvgIpc) is 3.35. The van der Waals surface area contributed by atoms with E-state index < -0.39 is 0 Å². The third-order valence-electron chi connectivity index (χ3n) is 4.42.